The van der Waals surface area contributed by atoms with Crippen LogP contribution in [-0.2, 0) is 28.5 Å². The van der Waals surface area contributed by atoms with Crippen LogP contribution in [0.4, 0.5) is 0 Å². The van der Waals surface area contributed by atoms with Gasteiger partial charge in [0.05, 0.1) is 70.6 Å². The topological polar surface area (TPSA) is 150 Å². The number of carbonyl (C=O) groups is 4. The molecule has 3 rings (SSSR count). The Morgan fingerprint density at radius 3 is 1.97 bits per heavy atom. The zero-order valence-corrected chi connectivity index (χ0v) is 19.4. The Labute approximate surface area is 202 Å². The summed E-state index contributed by atoms with van der Waals surface area (Å²) in [6.45, 7) is 3.33. The number of hydrogen-bond acceptors (Lipinski definition) is 10. The molecule has 0 aliphatic carbocycles. The average Bonchev–Trinajstić information content (AvgIpc) is 3.09. The van der Waals surface area contributed by atoms with Gasteiger partial charge >= 0.3 is 0 Å². The zero-order valence-electron chi connectivity index (χ0n) is 19.4. The van der Waals surface area contributed by atoms with Crippen LogP contribution in [0.2, 0.25) is 0 Å². The number of nitrogens with zero attached hydrogens (tertiary/aromatic N) is 1. The van der Waals surface area contributed by atoms with E-state index in [4.69, 9.17) is 28.8 Å². The maximum atomic E-state index is 12.8. The smallest absolute Gasteiger partial charge is 0.262 e. The normalized spacial score (nSPS) is 17.6. The van der Waals surface area contributed by atoms with E-state index in [1.165, 1.54) is 12.1 Å². The van der Waals surface area contributed by atoms with Crippen molar-refractivity contribution in [1.29, 1.82) is 0 Å². The van der Waals surface area contributed by atoms with Crippen molar-refractivity contribution in [1.82, 2.24) is 10.2 Å². The minimum absolute atomic E-state index is 0.00657. The highest BCUT2D eigenvalue weighted by Gasteiger charge is 2.44. The molecule has 0 saturated carbocycles. The molecule has 2 aliphatic heterocycles. The molecule has 1 saturated heterocycles. The van der Waals surface area contributed by atoms with Crippen molar-refractivity contribution in [3.63, 3.8) is 0 Å². The van der Waals surface area contributed by atoms with Gasteiger partial charge in [-0.15, -0.1) is 0 Å². The highest BCUT2D eigenvalue weighted by Crippen LogP contribution is 2.30. The van der Waals surface area contributed by atoms with E-state index in [1.807, 2.05) is 0 Å². The van der Waals surface area contributed by atoms with Crippen molar-refractivity contribution in [2.45, 2.75) is 18.9 Å². The summed E-state index contributed by atoms with van der Waals surface area (Å²) in [4.78, 5) is 49.9. The minimum Gasteiger partial charge on any atom is -0.491 e. The zero-order chi connectivity index (χ0) is 25.0. The van der Waals surface area contributed by atoms with Crippen LogP contribution >= 0.6 is 0 Å². The number of hydrogen-bond donors (Lipinski definition) is 2. The van der Waals surface area contributed by atoms with Crippen LogP contribution < -0.4 is 10.1 Å². The molecule has 0 spiro atoms. The molecule has 1 atom stereocenters. The standard InChI is InChI=1S/C23H30N2O10/c26-5-6-31-7-8-32-9-10-33-11-12-34-13-14-35-16-1-2-17-18(15-16)23(30)25(22(17)29)19-3-4-20(27)24-21(19)28/h1-2,15,19,26H,3-14H2,(H,24,27,28). The van der Waals surface area contributed by atoms with Gasteiger partial charge in [-0.3, -0.25) is 29.4 Å². The largest absolute Gasteiger partial charge is 0.491 e. The number of amides is 4. The third-order valence-corrected chi connectivity index (χ3v) is 5.26. The van der Waals surface area contributed by atoms with Gasteiger partial charge in [0, 0.05) is 6.42 Å². The van der Waals surface area contributed by atoms with Crippen LogP contribution in [0, 0.1) is 0 Å². The summed E-state index contributed by atoms with van der Waals surface area (Å²) >= 11 is 0. The van der Waals surface area contributed by atoms with Crippen molar-refractivity contribution in [2.24, 2.45) is 0 Å². The number of benzene rings is 1. The molecule has 4 amide bonds. The summed E-state index contributed by atoms with van der Waals surface area (Å²) in [7, 11) is 0. The van der Waals surface area contributed by atoms with E-state index in [9.17, 15) is 19.2 Å². The Balaban J connectivity index is 1.31. The fourth-order valence-corrected chi connectivity index (χ4v) is 3.58. The Morgan fingerprint density at radius 1 is 0.800 bits per heavy atom. The number of aliphatic hydroxyl groups is 1. The molecular weight excluding hydrogens is 464 g/mol. The molecule has 12 nitrogen and oxygen atoms in total. The highest BCUT2D eigenvalue weighted by atomic mass is 16.6. The number of rotatable bonds is 16. The van der Waals surface area contributed by atoms with E-state index in [0.717, 1.165) is 4.90 Å². The molecule has 1 fully saturated rings. The quantitative estimate of drug-likeness (QED) is 0.228. The van der Waals surface area contributed by atoms with Crippen molar-refractivity contribution in [3.05, 3.63) is 29.3 Å². The number of aliphatic hydroxyl groups excluding tert-OH is 1. The number of imide groups is 2. The molecule has 192 valence electrons. The SMILES string of the molecule is O=C1CCC(N2C(=O)c3ccc(OCCOCCOCCOCCOCCO)cc3C2=O)C(=O)N1. The Morgan fingerprint density at radius 2 is 1.37 bits per heavy atom. The van der Waals surface area contributed by atoms with Crippen LogP contribution in [0.25, 0.3) is 0 Å². The Bertz CT molecular complexity index is 906. The van der Waals surface area contributed by atoms with Crippen LogP contribution in [0.1, 0.15) is 33.6 Å². The van der Waals surface area contributed by atoms with Gasteiger partial charge in [-0.1, -0.05) is 0 Å². The van der Waals surface area contributed by atoms with Gasteiger partial charge in [0.2, 0.25) is 11.8 Å². The van der Waals surface area contributed by atoms with Gasteiger partial charge in [-0.05, 0) is 24.6 Å². The predicted molar refractivity (Wildman–Crippen MR) is 119 cm³/mol. The van der Waals surface area contributed by atoms with Crippen molar-refractivity contribution in [2.75, 3.05) is 66.1 Å². The van der Waals surface area contributed by atoms with Crippen LogP contribution in [0.5, 0.6) is 5.75 Å². The number of piperidine rings is 1. The average molecular weight is 494 g/mol. The predicted octanol–water partition coefficient (Wildman–Crippen LogP) is -0.475. The van der Waals surface area contributed by atoms with Gasteiger partial charge in [-0.2, -0.15) is 0 Å². The third-order valence-electron chi connectivity index (χ3n) is 5.26. The summed E-state index contributed by atoms with van der Waals surface area (Å²) in [6, 6.07) is 3.54. The first-order chi connectivity index (χ1) is 17.0. The summed E-state index contributed by atoms with van der Waals surface area (Å²) in [5.74, 6) is -1.81. The molecule has 35 heavy (non-hydrogen) atoms. The summed E-state index contributed by atoms with van der Waals surface area (Å²) < 4.78 is 26.8. The van der Waals surface area contributed by atoms with E-state index in [2.05, 4.69) is 5.32 Å². The highest BCUT2D eigenvalue weighted by molar-refractivity contribution is 6.23. The molecule has 0 radical (unpaired) electrons. The van der Waals surface area contributed by atoms with Crippen LogP contribution in [-0.4, -0.2) is 106 Å². The number of ether oxygens (including phenoxy) is 5. The minimum atomic E-state index is -1.00. The molecule has 2 heterocycles. The van der Waals surface area contributed by atoms with E-state index >= 15 is 0 Å². The third kappa shape index (κ3) is 7.54. The monoisotopic (exact) mass is 494 g/mol. The molecule has 12 heteroatoms. The number of fused-ring (bicyclic) bond motifs is 1. The first-order valence-corrected chi connectivity index (χ1v) is 11.4. The second-order valence-electron chi connectivity index (χ2n) is 7.68. The van der Waals surface area contributed by atoms with Crippen LogP contribution in [0.15, 0.2) is 18.2 Å². The van der Waals surface area contributed by atoms with Crippen molar-refractivity contribution < 1.29 is 48.0 Å². The molecule has 1 unspecified atom stereocenters. The summed E-state index contributed by atoms with van der Waals surface area (Å²) in [5, 5.41) is 10.7. The summed E-state index contributed by atoms with van der Waals surface area (Å²) in [5.41, 5.74) is 0.357. The first kappa shape index (κ1) is 26.7. The lowest BCUT2D eigenvalue weighted by Crippen LogP contribution is -2.54. The molecule has 1 aromatic rings. The maximum Gasteiger partial charge on any atom is 0.262 e. The van der Waals surface area contributed by atoms with Crippen LogP contribution in [0.3, 0.4) is 0 Å². The lowest BCUT2D eigenvalue weighted by molar-refractivity contribution is -0.136. The van der Waals surface area contributed by atoms with Gasteiger partial charge in [0.15, 0.2) is 0 Å². The first-order valence-electron chi connectivity index (χ1n) is 11.4. The summed E-state index contributed by atoms with van der Waals surface area (Å²) in [6.07, 6.45) is 0.173. The Kier molecular flexibility index (Phi) is 10.6. The molecule has 0 bridgehead atoms. The lowest BCUT2D eigenvalue weighted by atomic mass is 10.0. The molecule has 1 aromatic carbocycles. The molecule has 0 aromatic heterocycles. The van der Waals surface area contributed by atoms with E-state index < -0.39 is 29.7 Å². The fraction of sp³-hybridized carbons (Fsp3) is 0.565. The maximum absolute atomic E-state index is 12.8. The van der Waals surface area contributed by atoms with E-state index in [0.29, 0.717) is 58.6 Å². The van der Waals surface area contributed by atoms with Gasteiger partial charge in [-0.25, -0.2) is 0 Å². The van der Waals surface area contributed by atoms with Gasteiger partial charge in [0.1, 0.15) is 18.4 Å². The lowest BCUT2D eigenvalue weighted by Gasteiger charge is -2.27. The van der Waals surface area contributed by atoms with Gasteiger partial charge < -0.3 is 28.8 Å². The number of nitrogens with one attached hydrogen (secondary N) is 1. The van der Waals surface area contributed by atoms with Crippen molar-refractivity contribution >= 4 is 23.6 Å². The molecule has 2 N–H and O–H groups in total. The fourth-order valence-electron chi connectivity index (χ4n) is 3.58. The van der Waals surface area contributed by atoms with Crippen molar-refractivity contribution in [3.8, 4) is 5.75 Å². The second kappa shape index (κ2) is 13.9. The second-order valence-corrected chi connectivity index (χ2v) is 7.68. The van der Waals surface area contributed by atoms with Gasteiger partial charge in [0.25, 0.3) is 11.8 Å². The van der Waals surface area contributed by atoms with E-state index in [-0.39, 0.29) is 37.2 Å². The molecule has 2 aliphatic rings. The molecular formula is C23H30N2O10. The number of carbonyl (C=O) groups excluding carboxylic acids is 4. The van der Waals surface area contributed by atoms with E-state index in [1.54, 1.807) is 6.07 Å². The Hall–Kier alpha value is -2.90.